The van der Waals surface area contributed by atoms with Crippen LogP contribution in [0.25, 0.3) is 11.1 Å². The minimum absolute atomic E-state index is 0.0791. The van der Waals surface area contributed by atoms with Gasteiger partial charge in [0.2, 0.25) is 15.9 Å². The first-order valence-corrected chi connectivity index (χ1v) is 13.9. The van der Waals surface area contributed by atoms with E-state index in [1.807, 2.05) is 43.3 Å². The third-order valence-electron chi connectivity index (χ3n) is 6.17. The van der Waals surface area contributed by atoms with Crippen molar-refractivity contribution in [1.82, 2.24) is 15.4 Å². The number of hydrogen-bond donors (Lipinski definition) is 4. The van der Waals surface area contributed by atoms with Crippen LogP contribution in [0, 0.1) is 12.8 Å². The van der Waals surface area contributed by atoms with Crippen molar-refractivity contribution < 1.29 is 36.3 Å². The highest BCUT2D eigenvalue weighted by Gasteiger charge is 2.38. The van der Waals surface area contributed by atoms with Gasteiger partial charge in [-0.2, -0.15) is 13.2 Å². The van der Waals surface area contributed by atoms with Crippen LogP contribution < -0.4 is 15.4 Å². The summed E-state index contributed by atoms with van der Waals surface area (Å²) in [4.78, 5) is 22.0. The molecule has 1 heterocycles. The fourth-order valence-electron chi connectivity index (χ4n) is 4.14. The molecule has 1 amide bonds. The van der Waals surface area contributed by atoms with Crippen LogP contribution in [-0.2, 0) is 26.2 Å². The molecule has 12 heteroatoms. The second-order valence-electron chi connectivity index (χ2n) is 9.27. The smallest absolute Gasteiger partial charge is 0.475 e. The Kier molecular flexibility index (Phi) is 10.4. The van der Waals surface area contributed by atoms with Crippen LogP contribution in [0.3, 0.4) is 0 Å². The average molecular weight is 578 g/mol. The molecule has 0 radical (unpaired) electrons. The number of carboxylic acid groups (broad SMARTS) is 1. The number of rotatable bonds is 7. The number of sulfonamides is 1. The number of nitrogens with one attached hydrogen (secondary N) is 3. The second-order valence-corrected chi connectivity index (χ2v) is 11.0. The van der Waals surface area contributed by atoms with E-state index in [-0.39, 0.29) is 22.8 Å². The van der Waals surface area contributed by atoms with Gasteiger partial charge in [-0.15, -0.1) is 0 Å². The molecular weight excluding hydrogens is 547 g/mol. The summed E-state index contributed by atoms with van der Waals surface area (Å²) in [5, 5.41) is 13.4. The van der Waals surface area contributed by atoms with Crippen LogP contribution >= 0.6 is 0 Å². The number of piperidine rings is 1. The first-order valence-electron chi connectivity index (χ1n) is 12.4. The van der Waals surface area contributed by atoms with Crippen molar-refractivity contribution in [3.8, 4) is 11.1 Å². The SMILES string of the molecule is Cc1ccc(S(=O)(=O)N[C@H]2CNC[C@@H](C(=O)NCc3ccccc3-c3ccccc3)C2)cc1.O=C(O)C(F)(F)F. The Balaban J connectivity index is 0.000000559. The quantitative estimate of drug-likeness (QED) is 0.338. The monoisotopic (exact) mass is 577 g/mol. The molecule has 1 aliphatic heterocycles. The third kappa shape index (κ3) is 8.90. The van der Waals surface area contributed by atoms with E-state index in [0.29, 0.717) is 26.1 Å². The number of hydrogen-bond acceptors (Lipinski definition) is 5. The molecule has 2 atom stereocenters. The Morgan fingerprint density at radius 2 is 1.55 bits per heavy atom. The maximum Gasteiger partial charge on any atom is 0.490 e. The standard InChI is InChI=1S/C26H29N3O3S.C2HF3O2/c1-19-11-13-24(14-12-19)33(31,32)29-23-15-22(16-27-18-23)26(30)28-17-21-9-5-6-10-25(21)20-7-3-2-4-8-20;3-2(4,5)1(6)7/h2-14,22-23,27,29H,15-18H2,1H3,(H,28,30);(H,6,7)/t22-,23+;/m0./s1. The van der Waals surface area contributed by atoms with Gasteiger partial charge >= 0.3 is 12.1 Å². The zero-order valence-electron chi connectivity index (χ0n) is 21.6. The molecule has 0 aromatic heterocycles. The van der Waals surface area contributed by atoms with E-state index in [2.05, 4.69) is 33.6 Å². The van der Waals surface area contributed by atoms with Crippen LogP contribution in [0.1, 0.15) is 17.5 Å². The molecule has 3 aromatic carbocycles. The lowest BCUT2D eigenvalue weighted by Crippen LogP contribution is -2.52. The van der Waals surface area contributed by atoms with E-state index in [0.717, 1.165) is 22.3 Å². The number of carbonyl (C=O) groups excluding carboxylic acids is 1. The number of amides is 1. The van der Waals surface area contributed by atoms with E-state index >= 15 is 0 Å². The minimum Gasteiger partial charge on any atom is -0.475 e. The molecule has 0 saturated carbocycles. The van der Waals surface area contributed by atoms with Crippen molar-refractivity contribution in [2.75, 3.05) is 13.1 Å². The third-order valence-corrected chi connectivity index (χ3v) is 7.71. The Morgan fingerprint density at radius 3 is 2.17 bits per heavy atom. The molecule has 8 nitrogen and oxygen atoms in total. The molecule has 1 saturated heterocycles. The molecule has 4 N–H and O–H groups in total. The zero-order valence-corrected chi connectivity index (χ0v) is 22.4. The number of aryl methyl sites for hydroxylation is 1. The van der Waals surface area contributed by atoms with Crippen LogP contribution in [0.2, 0.25) is 0 Å². The largest absolute Gasteiger partial charge is 0.490 e. The van der Waals surface area contributed by atoms with Gasteiger partial charge in [-0.1, -0.05) is 72.3 Å². The van der Waals surface area contributed by atoms with Gasteiger partial charge in [0.25, 0.3) is 0 Å². The van der Waals surface area contributed by atoms with Gasteiger partial charge in [0.1, 0.15) is 0 Å². The highest BCUT2D eigenvalue weighted by molar-refractivity contribution is 7.89. The number of alkyl halides is 3. The highest BCUT2D eigenvalue weighted by atomic mass is 32.2. The van der Waals surface area contributed by atoms with E-state index in [4.69, 9.17) is 9.90 Å². The Morgan fingerprint density at radius 1 is 0.950 bits per heavy atom. The van der Waals surface area contributed by atoms with E-state index < -0.39 is 22.2 Å². The average Bonchev–Trinajstić information content (AvgIpc) is 2.92. The fraction of sp³-hybridized carbons (Fsp3) is 0.286. The van der Waals surface area contributed by atoms with Gasteiger partial charge in [-0.05, 0) is 42.2 Å². The molecule has 3 aromatic rings. The van der Waals surface area contributed by atoms with Crippen LogP contribution in [-0.4, -0.2) is 50.7 Å². The number of carboxylic acids is 1. The summed E-state index contributed by atoms with van der Waals surface area (Å²) in [6, 6.07) is 24.5. The number of halogens is 3. The van der Waals surface area contributed by atoms with E-state index in [1.54, 1.807) is 24.3 Å². The highest BCUT2D eigenvalue weighted by Crippen LogP contribution is 2.23. The number of aliphatic carboxylic acids is 1. The van der Waals surface area contributed by atoms with Crippen molar-refractivity contribution in [1.29, 1.82) is 0 Å². The molecule has 40 heavy (non-hydrogen) atoms. The first kappa shape index (κ1) is 30.8. The minimum atomic E-state index is -5.08. The summed E-state index contributed by atoms with van der Waals surface area (Å²) in [5.74, 6) is -3.15. The van der Waals surface area contributed by atoms with Gasteiger partial charge < -0.3 is 15.7 Å². The summed E-state index contributed by atoms with van der Waals surface area (Å²) in [6.07, 6.45) is -4.63. The normalized spacial score (nSPS) is 17.3. The van der Waals surface area contributed by atoms with Crippen molar-refractivity contribution in [2.45, 2.75) is 37.0 Å². The summed E-state index contributed by atoms with van der Waals surface area (Å²) < 4.78 is 59.9. The summed E-state index contributed by atoms with van der Waals surface area (Å²) >= 11 is 0. The predicted molar refractivity (Wildman–Crippen MR) is 144 cm³/mol. The molecule has 0 unspecified atom stereocenters. The molecule has 4 rings (SSSR count). The first-order chi connectivity index (χ1) is 18.9. The molecule has 0 spiro atoms. The van der Waals surface area contributed by atoms with Gasteiger partial charge in [0.05, 0.1) is 10.8 Å². The lowest BCUT2D eigenvalue weighted by molar-refractivity contribution is -0.192. The van der Waals surface area contributed by atoms with Crippen molar-refractivity contribution in [3.63, 3.8) is 0 Å². The second kappa shape index (κ2) is 13.6. The van der Waals surface area contributed by atoms with Gasteiger partial charge in [0, 0.05) is 25.7 Å². The number of carbonyl (C=O) groups is 2. The van der Waals surface area contributed by atoms with E-state index in [9.17, 15) is 26.4 Å². The predicted octanol–water partition coefficient (Wildman–Crippen LogP) is 3.87. The molecule has 1 aliphatic rings. The van der Waals surface area contributed by atoms with E-state index in [1.165, 1.54) is 0 Å². The molecule has 1 fully saturated rings. The summed E-state index contributed by atoms with van der Waals surface area (Å²) in [7, 11) is -3.64. The molecule has 214 valence electrons. The van der Waals surface area contributed by atoms with Gasteiger partial charge in [-0.25, -0.2) is 17.9 Å². The zero-order chi connectivity index (χ0) is 29.3. The number of benzene rings is 3. The van der Waals surface area contributed by atoms with Crippen molar-refractivity contribution in [3.05, 3.63) is 90.0 Å². The van der Waals surface area contributed by atoms with Gasteiger partial charge in [0.15, 0.2) is 0 Å². The molecule has 0 aliphatic carbocycles. The van der Waals surface area contributed by atoms with Gasteiger partial charge in [-0.3, -0.25) is 4.79 Å². The Labute approximate surface area is 230 Å². The van der Waals surface area contributed by atoms with Crippen LogP contribution in [0.4, 0.5) is 13.2 Å². The Hall–Kier alpha value is -3.74. The Bertz CT molecular complexity index is 1400. The molecular formula is C28H30F3N3O5S. The fourth-order valence-corrected chi connectivity index (χ4v) is 5.39. The van der Waals surface area contributed by atoms with Crippen LogP contribution in [0.15, 0.2) is 83.8 Å². The summed E-state index contributed by atoms with van der Waals surface area (Å²) in [5.41, 5.74) is 4.23. The van der Waals surface area contributed by atoms with Crippen LogP contribution in [0.5, 0.6) is 0 Å². The lowest BCUT2D eigenvalue weighted by Gasteiger charge is -2.29. The molecule has 0 bridgehead atoms. The maximum absolute atomic E-state index is 12.9. The summed E-state index contributed by atoms with van der Waals surface area (Å²) in [6.45, 7) is 3.34. The topological polar surface area (TPSA) is 125 Å². The van der Waals surface area contributed by atoms with Crippen molar-refractivity contribution in [2.24, 2.45) is 5.92 Å². The van der Waals surface area contributed by atoms with Crippen molar-refractivity contribution >= 4 is 21.9 Å². The maximum atomic E-state index is 12.9. The lowest BCUT2D eigenvalue weighted by atomic mass is 9.95.